The molecule has 0 radical (unpaired) electrons. The molecule has 5 heteroatoms. The number of hydrogen-bond acceptors (Lipinski definition) is 5. The maximum absolute atomic E-state index is 9.16. The number of azo groups is 1. The minimum absolute atomic E-state index is 0.635. The fraction of sp³-hybridized carbons (Fsp3) is 0.250. The van der Waals surface area contributed by atoms with Crippen molar-refractivity contribution in [1.82, 2.24) is 0 Å². The predicted molar refractivity (Wildman–Crippen MR) is 85.3 cm³/mol. The van der Waals surface area contributed by atoms with Crippen LogP contribution in [0.4, 0.5) is 10.7 Å². The lowest BCUT2D eigenvalue weighted by atomic mass is 10.1. The van der Waals surface area contributed by atoms with E-state index in [1.807, 2.05) is 39.8 Å². The molecule has 0 atom stereocenters. The maximum atomic E-state index is 9.16. The molecule has 2 aromatic rings. The molecule has 1 aromatic carbocycles. The zero-order valence-corrected chi connectivity index (χ0v) is 13.3. The van der Waals surface area contributed by atoms with Gasteiger partial charge in [-0.2, -0.15) is 5.26 Å². The van der Waals surface area contributed by atoms with Gasteiger partial charge >= 0.3 is 0 Å². The molecule has 1 aromatic heterocycles. The summed E-state index contributed by atoms with van der Waals surface area (Å²) in [5.74, 6) is 0. The second-order valence-corrected chi connectivity index (χ2v) is 5.77. The summed E-state index contributed by atoms with van der Waals surface area (Å²) >= 11 is 1.51. The van der Waals surface area contributed by atoms with E-state index in [4.69, 9.17) is 10.5 Å². The van der Waals surface area contributed by atoms with Gasteiger partial charge in [0.15, 0.2) is 5.00 Å². The Morgan fingerprint density at radius 3 is 2.33 bits per heavy atom. The van der Waals surface area contributed by atoms with E-state index in [1.165, 1.54) is 16.9 Å². The first kappa shape index (κ1) is 16.6. The highest BCUT2D eigenvalue weighted by molar-refractivity contribution is 7.16. The highest BCUT2D eigenvalue weighted by Gasteiger charge is 2.11. The van der Waals surface area contributed by atoms with Crippen LogP contribution < -0.4 is 0 Å². The molecule has 0 aliphatic carbocycles. The molecule has 0 aliphatic heterocycles. The molecule has 0 fully saturated rings. The summed E-state index contributed by atoms with van der Waals surface area (Å²) in [6, 6.07) is 8.24. The Labute approximate surface area is 129 Å². The van der Waals surface area contributed by atoms with Gasteiger partial charge in [-0.3, -0.25) is 0 Å². The Morgan fingerprint density at radius 2 is 1.76 bits per heavy atom. The molecular formula is C16H16N4S. The molecule has 0 amide bonds. The van der Waals surface area contributed by atoms with Gasteiger partial charge < -0.3 is 0 Å². The van der Waals surface area contributed by atoms with Crippen molar-refractivity contribution in [2.75, 3.05) is 0 Å². The lowest BCUT2D eigenvalue weighted by Crippen LogP contribution is -1.77. The first-order valence-electron chi connectivity index (χ1n) is 6.28. The Bertz CT molecular complexity index is 733. The summed E-state index contributed by atoms with van der Waals surface area (Å²) in [5, 5.41) is 24.9. The Morgan fingerprint density at radius 1 is 1.10 bits per heavy atom. The molecule has 2 rings (SSSR count). The first-order chi connectivity index (χ1) is 10.0. The quantitative estimate of drug-likeness (QED) is 0.695. The smallest absolute Gasteiger partial charge is 0.157 e. The number of nitriles is 2. The van der Waals surface area contributed by atoms with Crippen LogP contribution in [0.25, 0.3) is 0 Å². The molecule has 0 saturated carbocycles. The SMILES string of the molecule is C#N.Cc1ccc(N=Nc2sc(C)c(C)c2C#N)c(C)c1. The Balaban J connectivity index is 0.00000106. The van der Waals surface area contributed by atoms with Gasteiger partial charge in [0.2, 0.25) is 0 Å². The van der Waals surface area contributed by atoms with Crippen LogP contribution in [0.3, 0.4) is 0 Å². The number of hydrogen-bond donors (Lipinski definition) is 0. The van der Waals surface area contributed by atoms with Crippen LogP contribution in [-0.2, 0) is 0 Å². The van der Waals surface area contributed by atoms with Gasteiger partial charge in [0, 0.05) is 11.4 Å². The van der Waals surface area contributed by atoms with Gasteiger partial charge in [-0.25, -0.2) is 5.26 Å². The highest BCUT2D eigenvalue weighted by Crippen LogP contribution is 2.35. The van der Waals surface area contributed by atoms with Gasteiger partial charge in [0.1, 0.15) is 6.07 Å². The van der Waals surface area contributed by atoms with Crippen molar-refractivity contribution in [3.05, 3.63) is 45.3 Å². The van der Waals surface area contributed by atoms with Gasteiger partial charge in [-0.15, -0.1) is 21.6 Å². The molecule has 21 heavy (non-hydrogen) atoms. The summed E-state index contributed by atoms with van der Waals surface area (Å²) in [6.45, 7) is 11.5. The van der Waals surface area contributed by atoms with Crippen molar-refractivity contribution in [3.8, 4) is 12.6 Å². The van der Waals surface area contributed by atoms with E-state index in [-0.39, 0.29) is 0 Å². The Hall–Kier alpha value is -2.50. The fourth-order valence-corrected chi connectivity index (χ4v) is 2.76. The topological polar surface area (TPSA) is 72.3 Å². The summed E-state index contributed by atoms with van der Waals surface area (Å²) in [6.07, 6.45) is 0. The average Bonchev–Trinajstić information content (AvgIpc) is 2.75. The van der Waals surface area contributed by atoms with E-state index in [9.17, 15) is 0 Å². The van der Waals surface area contributed by atoms with Crippen LogP contribution >= 0.6 is 11.3 Å². The third kappa shape index (κ3) is 3.75. The molecule has 0 saturated heterocycles. The van der Waals surface area contributed by atoms with Crippen LogP contribution in [0, 0.1) is 50.9 Å². The molecule has 0 spiro atoms. The lowest BCUT2D eigenvalue weighted by molar-refractivity contribution is 1.21. The van der Waals surface area contributed by atoms with E-state index >= 15 is 0 Å². The van der Waals surface area contributed by atoms with Crippen LogP contribution in [0.15, 0.2) is 28.4 Å². The third-order valence-corrected chi connectivity index (χ3v) is 4.17. The minimum atomic E-state index is 0.635. The molecule has 106 valence electrons. The van der Waals surface area contributed by atoms with Crippen LogP contribution in [-0.4, -0.2) is 0 Å². The van der Waals surface area contributed by atoms with Crippen molar-refractivity contribution >= 4 is 22.0 Å². The highest BCUT2D eigenvalue weighted by atomic mass is 32.1. The van der Waals surface area contributed by atoms with E-state index in [2.05, 4.69) is 28.9 Å². The fourth-order valence-electron chi connectivity index (χ4n) is 1.83. The summed E-state index contributed by atoms with van der Waals surface area (Å²) in [5.41, 5.74) is 4.78. The average molecular weight is 296 g/mol. The van der Waals surface area contributed by atoms with E-state index in [0.29, 0.717) is 10.6 Å². The lowest BCUT2D eigenvalue weighted by Gasteiger charge is -1.99. The molecule has 0 bridgehead atoms. The molecule has 1 heterocycles. The van der Waals surface area contributed by atoms with Crippen LogP contribution in [0.1, 0.15) is 27.1 Å². The molecule has 0 aliphatic rings. The van der Waals surface area contributed by atoms with Crippen molar-refractivity contribution in [3.63, 3.8) is 0 Å². The van der Waals surface area contributed by atoms with Gasteiger partial charge in [0.25, 0.3) is 0 Å². The number of nitrogens with zero attached hydrogens (tertiary/aromatic N) is 4. The van der Waals surface area contributed by atoms with Gasteiger partial charge in [0.05, 0.1) is 11.3 Å². The summed E-state index contributed by atoms with van der Waals surface area (Å²) < 4.78 is 0. The molecule has 0 N–H and O–H groups in total. The van der Waals surface area contributed by atoms with Crippen molar-refractivity contribution in [1.29, 1.82) is 10.5 Å². The van der Waals surface area contributed by atoms with Gasteiger partial charge in [-0.1, -0.05) is 17.7 Å². The predicted octanol–water partition coefficient (Wildman–Crippen LogP) is 5.41. The minimum Gasteiger partial charge on any atom is -0.202 e. The number of rotatable bonds is 2. The zero-order valence-electron chi connectivity index (χ0n) is 12.5. The standard InChI is InChI=1S/C15H15N3S.CHN/c1-9-5-6-14(10(2)7-9)17-18-15-13(8-16)11(3)12(4)19-15;1-2/h5-7H,1-4H3;1H. The molecule has 0 unspecified atom stereocenters. The normalized spacial score (nSPS) is 9.95. The van der Waals surface area contributed by atoms with Crippen LogP contribution in [0.2, 0.25) is 0 Å². The van der Waals surface area contributed by atoms with Crippen molar-refractivity contribution in [2.24, 2.45) is 10.2 Å². The zero-order chi connectivity index (χ0) is 16.0. The van der Waals surface area contributed by atoms with Crippen molar-refractivity contribution < 1.29 is 0 Å². The van der Waals surface area contributed by atoms with Crippen molar-refractivity contribution in [2.45, 2.75) is 27.7 Å². The van der Waals surface area contributed by atoms with E-state index < -0.39 is 0 Å². The third-order valence-electron chi connectivity index (χ3n) is 3.08. The number of aryl methyl sites for hydroxylation is 3. The maximum Gasteiger partial charge on any atom is 0.157 e. The monoisotopic (exact) mass is 296 g/mol. The molecular weight excluding hydrogens is 280 g/mol. The van der Waals surface area contributed by atoms with E-state index in [1.54, 1.807) is 0 Å². The second kappa shape index (κ2) is 7.33. The van der Waals surface area contributed by atoms with Crippen LogP contribution in [0.5, 0.6) is 0 Å². The Kier molecular flexibility index (Phi) is 5.78. The largest absolute Gasteiger partial charge is 0.202 e. The summed E-state index contributed by atoms with van der Waals surface area (Å²) in [4.78, 5) is 1.12. The number of thiophene rings is 1. The van der Waals surface area contributed by atoms with E-state index in [0.717, 1.165) is 21.7 Å². The molecule has 4 nitrogen and oxygen atoms in total. The second-order valence-electron chi connectivity index (χ2n) is 4.57. The van der Waals surface area contributed by atoms with Gasteiger partial charge in [-0.05, 0) is 44.9 Å². The number of benzene rings is 1. The first-order valence-corrected chi connectivity index (χ1v) is 7.09. The summed E-state index contributed by atoms with van der Waals surface area (Å²) in [7, 11) is 0.